The number of rotatable bonds is 8. The van der Waals surface area contributed by atoms with Gasteiger partial charge in [0.15, 0.2) is 0 Å². The Hall–Kier alpha value is -2.12. The minimum Gasteiger partial charge on any atom is -0.481 e. The molecule has 0 heterocycles. The van der Waals surface area contributed by atoms with Crippen molar-refractivity contribution in [2.45, 2.75) is 26.7 Å². The van der Waals surface area contributed by atoms with Crippen LogP contribution in [-0.4, -0.2) is 47.3 Å². The monoisotopic (exact) mass is 379 g/mol. The molecular weight excluding hydrogens is 360 g/mol. The van der Waals surface area contributed by atoms with E-state index in [4.69, 9.17) is 10.2 Å². The number of hydrogen-bond acceptors (Lipinski definition) is 6. The fraction of sp³-hybridized carbons (Fsp3) is 0.429. The number of carboxylic acids is 2. The summed E-state index contributed by atoms with van der Waals surface area (Å²) in [6.07, 6.45) is -0.335. The van der Waals surface area contributed by atoms with Crippen molar-refractivity contribution in [3.63, 3.8) is 0 Å². The number of carbonyl (C=O) groups excluding carboxylic acids is 2. The molecule has 0 atom stereocenters. The molecule has 0 aromatic rings. The standard InChI is InChI=1S/2C7H10O4.Cu/c2*1-5(2)7(10)11-4-3-6(8)9;/h2*1,3-4H2,2H3,(H,8,9);. The van der Waals surface area contributed by atoms with Crippen molar-refractivity contribution in [2.75, 3.05) is 13.2 Å². The van der Waals surface area contributed by atoms with Crippen molar-refractivity contribution >= 4 is 23.9 Å². The fourth-order valence-electron chi connectivity index (χ4n) is 0.708. The molecule has 0 saturated carbocycles. The van der Waals surface area contributed by atoms with Crippen molar-refractivity contribution in [3.8, 4) is 0 Å². The largest absolute Gasteiger partial charge is 0.481 e. The molecule has 2 N–H and O–H groups in total. The SMILES string of the molecule is C=C(C)C(=O)OCCC(=O)O.C=C(C)C(=O)OCCC(=O)O.[Cu]. The maximum absolute atomic E-state index is 10.6. The first kappa shape index (κ1) is 25.8. The predicted octanol–water partition coefficient (Wildman–Crippen LogP) is 1.16. The van der Waals surface area contributed by atoms with Gasteiger partial charge in [-0.15, -0.1) is 0 Å². The first-order valence-electron chi connectivity index (χ1n) is 6.16. The molecule has 8 nitrogen and oxygen atoms in total. The summed E-state index contributed by atoms with van der Waals surface area (Å²) in [5.74, 6) is -3.07. The van der Waals surface area contributed by atoms with Gasteiger partial charge in [-0.2, -0.15) is 0 Å². The van der Waals surface area contributed by atoms with E-state index >= 15 is 0 Å². The molecule has 0 aliphatic rings. The van der Waals surface area contributed by atoms with Gasteiger partial charge in [0.1, 0.15) is 13.2 Å². The first-order chi connectivity index (χ1) is 10.1. The van der Waals surface area contributed by atoms with Crippen LogP contribution in [0.5, 0.6) is 0 Å². The molecule has 0 fully saturated rings. The van der Waals surface area contributed by atoms with Gasteiger partial charge < -0.3 is 19.7 Å². The van der Waals surface area contributed by atoms with Gasteiger partial charge in [0.25, 0.3) is 0 Å². The molecule has 0 aromatic heterocycles. The zero-order valence-corrected chi connectivity index (χ0v) is 13.8. The number of carboxylic acid groups (broad SMARTS) is 2. The normalized spacial score (nSPS) is 8.43. The number of ether oxygens (including phenoxy) is 2. The average molecular weight is 380 g/mol. The molecule has 0 spiro atoms. The molecular formula is C14H20CuO8. The molecule has 0 rings (SSSR count). The van der Waals surface area contributed by atoms with Crippen LogP contribution < -0.4 is 0 Å². The molecule has 9 heteroatoms. The first-order valence-corrected chi connectivity index (χ1v) is 6.16. The van der Waals surface area contributed by atoms with Crippen molar-refractivity contribution in [1.29, 1.82) is 0 Å². The van der Waals surface area contributed by atoms with Crippen molar-refractivity contribution < 1.29 is 55.9 Å². The second-order valence-corrected chi connectivity index (χ2v) is 4.12. The molecule has 0 saturated heterocycles. The minimum absolute atomic E-state index is 0. The third-order valence-corrected chi connectivity index (χ3v) is 1.80. The van der Waals surface area contributed by atoms with Gasteiger partial charge in [-0.3, -0.25) is 9.59 Å². The van der Waals surface area contributed by atoms with Gasteiger partial charge in [-0.25, -0.2) is 9.59 Å². The van der Waals surface area contributed by atoms with Gasteiger partial charge in [0.2, 0.25) is 0 Å². The van der Waals surface area contributed by atoms with Crippen LogP contribution >= 0.6 is 0 Å². The molecule has 23 heavy (non-hydrogen) atoms. The topological polar surface area (TPSA) is 127 Å². The molecule has 0 amide bonds. The van der Waals surface area contributed by atoms with E-state index in [-0.39, 0.29) is 54.3 Å². The third-order valence-electron chi connectivity index (χ3n) is 1.80. The van der Waals surface area contributed by atoms with E-state index in [9.17, 15) is 19.2 Å². The summed E-state index contributed by atoms with van der Waals surface area (Å²) >= 11 is 0. The Balaban J connectivity index is -0.000000333. The average Bonchev–Trinajstić information content (AvgIpc) is 2.38. The maximum Gasteiger partial charge on any atom is 0.333 e. The van der Waals surface area contributed by atoms with E-state index in [0.717, 1.165) is 0 Å². The van der Waals surface area contributed by atoms with E-state index in [2.05, 4.69) is 22.6 Å². The van der Waals surface area contributed by atoms with Crippen LogP contribution in [0.4, 0.5) is 0 Å². The second kappa shape index (κ2) is 14.8. The van der Waals surface area contributed by atoms with Gasteiger partial charge in [0, 0.05) is 28.2 Å². The van der Waals surface area contributed by atoms with E-state index in [0.29, 0.717) is 0 Å². The van der Waals surface area contributed by atoms with Crippen molar-refractivity contribution in [1.82, 2.24) is 0 Å². The number of aliphatic carboxylic acids is 2. The summed E-state index contributed by atoms with van der Waals surface area (Å²) in [6.45, 7) is 9.48. The van der Waals surface area contributed by atoms with Crippen molar-refractivity contribution in [2.24, 2.45) is 0 Å². The van der Waals surface area contributed by atoms with Crippen LogP contribution in [0.15, 0.2) is 24.3 Å². The minimum atomic E-state index is -0.987. The predicted molar refractivity (Wildman–Crippen MR) is 76.1 cm³/mol. The molecule has 0 aliphatic carbocycles. The summed E-state index contributed by atoms with van der Waals surface area (Å²) in [6, 6.07) is 0. The molecule has 0 unspecified atom stereocenters. The zero-order chi connectivity index (χ0) is 17.7. The Morgan fingerprint density at radius 2 is 1.04 bits per heavy atom. The van der Waals surface area contributed by atoms with Crippen LogP contribution in [0.1, 0.15) is 26.7 Å². The quantitative estimate of drug-likeness (QED) is 0.365. The summed E-state index contributed by atoms with van der Waals surface area (Å²) in [7, 11) is 0. The van der Waals surface area contributed by atoms with E-state index < -0.39 is 23.9 Å². The Morgan fingerprint density at radius 3 is 1.22 bits per heavy atom. The molecule has 1 radical (unpaired) electrons. The van der Waals surface area contributed by atoms with Crippen LogP contribution in [0.25, 0.3) is 0 Å². The Morgan fingerprint density at radius 1 is 0.783 bits per heavy atom. The smallest absolute Gasteiger partial charge is 0.333 e. The number of carbonyl (C=O) groups is 4. The Bertz CT molecular complexity index is 414. The molecule has 0 aromatic carbocycles. The van der Waals surface area contributed by atoms with E-state index in [1.54, 1.807) is 0 Å². The Kier molecular flexibility index (Phi) is 16.6. The molecule has 0 bridgehead atoms. The van der Waals surface area contributed by atoms with Crippen LogP contribution in [0, 0.1) is 0 Å². The van der Waals surface area contributed by atoms with Crippen LogP contribution in [0.3, 0.4) is 0 Å². The summed E-state index contributed by atoms with van der Waals surface area (Å²) in [5, 5.41) is 16.3. The Labute approximate surface area is 144 Å². The summed E-state index contributed by atoms with van der Waals surface area (Å²) < 4.78 is 8.99. The number of hydrogen-bond donors (Lipinski definition) is 2. The number of esters is 2. The maximum atomic E-state index is 10.6. The molecule has 0 aliphatic heterocycles. The van der Waals surface area contributed by atoms with Gasteiger partial charge in [-0.1, -0.05) is 13.2 Å². The molecule has 135 valence electrons. The summed E-state index contributed by atoms with van der Waals surface area (Å²) in [4.78, 5) is 41.1. The van der Waals surface area contributed by atoms with Crippen molar-refractivity contribution in [3.05, 3.63) is 24.3 Å². The zero-order valence-electron chi connectivity index (χ0n) is 12.9. The fourth-order valence-corrected chi connectivity index (χ4v) is 0.708. The van der Waals surface area contributed by atoms with E-state index in [1.807, 2.05) is 0 Å². The van der Waals surface area contributed by atoms with Gasteiger partial charge >= 0.3 is 23.9 Å². The van der Waals surface area contributed by atoms with Crippen LogP contribution in [0.2, 0.25) is 0 Å². The summed E-state index contributed by atoms with van der Waals surface area (Å²) in [5.41, 5.74) is 0.547. The van der Waals surface area contributed by atoms with E-state index in [1.165, 1.54) is 13.8 Å². The van der Waals surface area contributed by atoms with Crippen LogP contribution in [-0.2, 0) is 45.7 Å². The second-order valence-electron chi connectivity index (χ2n) is 4.12. The third kappa shape index (κ3) is 19.9. The van der Waals surface area contributed by atoms with Gasteiger partial charge in [-0.05, 0) is 13.8 Å². The van der Waals surface area contributed by atoms with Gasteiger partial charge in [0.05, 0.1) is 12.8 Å².